The van der Waals surface area contributed by atoms with Crippen LogP contribution in [0.4, 0.5) is 11.4 Å². The third kappa shape index (κ3) is 5.14. The summed E-state index contributed by atoms with van der Waals surface area (Å²) in [7, 11) is 0. The average Bonchev–Trinajstić information content (AvgIpc) is 2.94. The standard InChI is InChI=1S/C40H47N/c1-37(2)19-21-39(5,6)35-25-29(15-17-33(35)37)27-11-9-13-31(23-27)41-32-14-10-12-28(24-32)30-16-18-34-36(26-30)40(7,8)22-20-38(34,3)4/h9-18,23-26,41H,19-22H2,1-8H3. The summed E-state index contributed by atoms with van der Waals surface area (Å²) in [5.74, 6) is 0. The smallest absolute Gasteiger partial charge is 0.0390 e. The molecule has 212 valence electrons. The Morgan fingerprint density at radius 1 is 0.390 bits per heavy atom. The quantitative estimate of drug-likeness (QED) is 0.271. The summed E-state index contributed by atoms with van der Waals surface area (Å²) < 4.78 is 0. The molecule has 0 heterocycles. The molecule has 6 rings (SSSR count). The monoisotopic (exact) mass is 541 g/mol. The summed E-state index contributed by atoms with van der Waals surface area (Å²) in [5.41, 5.74) is 14.3. The second-order valence-electron chi connectivity index (χ2n) is 15.3. The van der Waals surface area contributed by atoms with Crippen LogP contribution >= 0.6 is 0 Å². The summed E-state index contributed by atoms with van der Waals surface area (Å²) in [6, 6.07) is 32.1. The van der Waals surface area contributed by atoms with E-state index in [0.717, 1.165) is 11.4 Å². The fourth-order valence-electron chi connectivity index (χ4n) is 7.26. The Bertz CT molecular complexity index is 1490. The van der Waals surface area contributed by atoms with Gasteiger partial charge in [-0.15, -0.1) is 0 Å². The minimum atomic E-state index is 0.207. The minimum absolute atomic E-state index is 0.207. The van der Waals surface area contributed by atoms with E-state index < -0.39 is 0 Å². The first-order valence-electron chi connectivity index (χ1n) is 15.5. The van der Waals surface area contributed by atoms with E-state index in [2.05, 4.69) is 146 Å². The molecule has 0 aromatic heterocycles. The molecule has 0 atom stereocenters. The number of nitrogens with one attached hydrogen (secondary N) is 1. The number of fused-ring (bicyclic) bond motifs is 2. The predicted octanol–water partition coefficient (Wildman–Crippen LogP) is 11.5. The maximum Gasteiger partial charge on any atom is 0.0390 e. The second-order valence-corrected chi connectivity index (χ2v) is 15.3. The van der Waals surface area contributed by atoms with Crippen molar-refractivity contribution in [2.75, 3.05) is 5.32 Å². The number of hydrogen-bond donors (Lipinski definition) is 1. The zero-order chi connectivity index (χ0) is 29.2. The molecule has 0 saturated heterocycles. The van der Waals surface area contributed by atoms with Crippen LogP contribution in [0.1, 0.15) is 103 Å². The molecule has 0 spiro atoms. The van der Waals surface area contributed by atoms with Crippen molar-refractivity contribution in [1.82, 2.24) is 0 Å². The van der Waals surface area contributed by atoms with Gasteiger partial charge in [0.25, 0.3) is 0 Å². The Kier molecular flexibility index (Phi) is 6.53. The van der Waals surface area contributed by atoms with E-state index in [1.54, 1.807) is 0 Å². The molecular formula is C40H47N. The summed E-state index contributed by atoms with van der Waals surface area (Å²) in [5, 5.41) is 3.71. The van der Waals surface area contributed by atoms with Crippen LogP contribution < -0.4 is 5.32 Å². The van der Waals surface area contributed by atoms with E-state index in [-0.39, 0.29) is 21.7 Å². The second kappa shape index (κ2) is 9.62. The van der Waals surface area contributed by atoms with Crippen molar-refractivity contribution in [3.05, 3.63) is 107 Å². The zero-order valence-corrected chi connectivity index (χ0v) is 26.4. The number of anilines is 2. The minimum Gasteiger partial charge on any atom is -0.355 e. The number of rotatable bonds is 4. The molecule has 1 heteroatoms. The van der Waals surface area contributed by atoms with Crippen LogP contribution in [0.15, 0.2) is 84.9 Å². The van der Waals surface area contributed by atoms with Gasteiger partial charge in [0.1, 0.15) is 0 Å². The summed E-state index contributed by atoms with van der Waals surface area (Å²) in [6.45, 7) is 19.2. The Hall–Kier alpha value is -3.32. The molecule has 0 fully saturated rings. The van der Waals surface area contributed by atoms with E-state index >= 15 is 0 Å². The van der Waals surface area contributed by atoms with Crippen LogP contribution in [-0.2, 0) is 21.7 Å². The fourth-order valence-corrected chi connectivity index (χ4v) is 7.26. The van der Waals surface area contributed by atoms with Crippen molar-refractivity contribution >= 4 is 11.4 Å². The summed E-state index contributed by atoms with van der Waals surface area (Å²) in [4.78, 5) is 0. The SMILES string of the molecule is CC1(C)CCC(C)(C)c2cc(-c3cccc(Nc4cccc(-c5ccc6c(c5)C(C)(C)CCC6(C)C)c4)c3)ccc21. The first-order chi connectivity index (χ1) is 19.3. The van der Waals surface area contributed by atoms with Gasteiger partial charge in [-0.2, -0.15) is 0 Å². The zero-order valence-electron chi connectivity index (χ0n) is 26.4. The predicted molar refractivity (Wildman–Crippen MR) is 178 cm³/mol. The Morgan fingerprint density at radius 3 is 1.12 bits per heavy atom. The van der Waals surface area contributed by atoms with Gasteiger partial charge in [-0.05, 0) is 116 Å². The lowest BCUT2D eigenvalue weighted by Gasteiger charge is -2.42. The van der Waals surface area contributed by atoms with Gasteiger partial charge in [-0.3, -0.25) is 0 Å². The van der Waals surface area contributed by atoms with Gasteiger partial charge in [0.15, 0.2) is 0 Å². The molecule has 2 aliphatic carbocycles. The Labute approximate surface area is 248 Å². The van der Waals surface area contributed by atoms with E-state index in [0.29, 0.717) is 0 Å². The number of hydrogen-bond acceptors (Lipinski definition) is 1. The normalized spacial score (nSPS) is 19.6. The van der Waals surface area contributed by atoms with Crippen molar-refractivity contribution in [2.45, 2.75) is 103 Å². The van der Waals surface area contributed by atoms with Gasteiger partial charge in [0.2, 0.25) is 0 Å². The lowest BCUT2D eigenvalue weighted by Crippen LogP contribution is -2.33. The van der Waals surface area contributed by atoms with Gasteiger partial charge < -0.3 is 5.32 Å². The van der Waals surface area contributed by atoms with Crippen LogP contribution in [0.5, 0.6) is 0 Å². The number of benzene rings is 4. The van der Waals surface area contributed by atoms with Crippen LogP contribution in [-0.4, -0.2) is 0 Å². The fraction of sp³-hybridized carbons (Fsp3) is 0.400. The Balaban J connectivity index is 1.29. The molecule has 41 heavy (non-hydrogen) atoms. The molecule has 4 aromatic rings. The molecule has 4 aromatic carbocycles. The van der Waals surface area contributed by atoms with Gasteiger partial charge in [0.05, 0.1) is 0 Å². The Morgan fingerprint density at radius 2 is 0.732 bits per heavy atom. The van der Waals surface area contributed by atoms with E-state index in [1.165, 1.54) is 70.2 Å². The van der Waals surface area contributed by atoms with E-state index in [9.17, 15) is 0 Å². The molecule has 1 N–H and O–H groups in total. The van der Waals surface area contributed by atoms with Crippen molar-refractivity contribution in [2.24, 2.45) is 0 Å². The van der Waals surface area contributed by atoms with Gasteiger partial charge >= 0.3 is 0 Å². The largest absolute Gasteiger partial charge is 0.355 e. The highest BCUT2D eigenvalue weighted by molar-refractivity contribution is 5.75. The first kappa shape index (κ1) is 27.8. The molecule has 0 aliphatic heterocycles. The molecule has 0 saturated carbocycles. The third-order valence-electron chi connectivity index (χ3n) is 10.4. The van der Waals surface area contributed by atoms with Crippen LogP contribution in [0, 0.1) is 0 Å². The first-order valence-corrected chi connectivity index (χ1v) is 15.5. The van der Waals surface area contributed by atoms with E-state index in [4.69, 9.17) is 0 Å². The lowest BCUT2D eigenvalue weighted by atomic mass is 9.63. The topological polar surface area (TPSA) is 12.0 Å². The maximum atomic E-state index is 3.71. The van der Waals surface area contributed by atoms with Gasteiger partial charge in [-0.1, -0.05) is 116 Å². The van der Waals surface area contributed by atoms with Crippen LogP contribution in [0.3, 0.4) is 0 Å². The highest BCUT2D eigenvalue weighted by atomic mass is 14.9. The summed E-state index contributed by atoms with van der Waals surface area (Å²) >= 11 is 0. The molecule has 0 unspecified atom stereocenters. The average molecular weight is 542 g/mol. The van der Waals surface area contributed by atoms with Crippen molar-refractivity contribution in [1.29, 1.82) is 0 Å². The summed E-state index contributed by atoms with van der Waals surface area (Å²) in [6.07, 6.45) is 4.94. The molecular weight excluding hydrogens is 494 g/mol. The van der Waals surface area contributed by atoms with Crippen LogP contribution in [0.25, 0.3) is 22.3 Å². The van der Waals surface area contributed by atoms with Gasteiger partial charge in [-0.25, -0.2) is 0 Å². The molecule has 2 aliphatic rings. The van der Waals surface area contributed by atoms with Crippen molar-refractivity contribution in [3.63, 3.8) is 0 Å². The molecule has 0 amide bonds. The molecule has 0 bridgehead atoms. The van der Waals surface area contributed by atoms with Crippen molar-refractivity contribution < 1.29 is 0 Å². The maximum absolute atomic E-state index is 3.71. The molecule has 0 radical (unpaired) electrons. The third-order valence-corrected chi connectivity index (χ3v) is 10.4. The molecule has 1 nitrogen and oxygen atoms in total. The highest BCUT2D eigenvalue weighted by Crippen LogP contribution is 2.48. The van der Waals surface area contributed by atoms with Crippen molar-refractivity contribution in [3.8, 4) is 22.3 Å². The lowest BCUT2D eigenvalue weighted by molar-refractivity contribution is 0.332. The van der Waals surface area contributed by atoms with E-state index in [1.807, 2.05) is 0 Å². The highest BCUT2D eigenvalue weighted by Gasteiger charge is 2.38. The van der Waals surface area contributed by atoms with Gasteiger partial charge in [0, 0.05) is 11.4 Å². The van der Waals surface area contributed by atoms with Crippen LogP contribution in [0.2, 0.25) is 0 Å².